The van der Waals surface area contributed by atoms with Crippen LogP contribution in [0.4, 0.5) is 0 Å². The molecule has 2 heterocycles. The Labute approximate surface area is 125 Å². The lowest BCUT2D eigenvalue weighted by Crippen LogP contribution is -2.31. The van der Waals surface area contributed by atoms with Crippen molar-refractivity contribution < 1.29 is 14.7 Å². The number of hydrogen-bond donors (Lipinski definition) is 2. The standard InChI is InChI=1S/C13H16N4O3S/c1-7(2)10(11(14)20)17-12-8(4-3-5-15-12)16-13(17)21-6-9(18)19/h3-5,7,10H,6H2,1-2H3,(H2,14,20)(H,18,19). The zero-order valence-corrected chi connectivity index (χ0v) is 12.5. The Morgan fingerprint density at radius 2 is 2.19 bits per heavy atom. The first-order valence-electron chi connectivity index (χ1n) is 6.38. The van der Waals surface area contributed by atoms with Crippen molar-refractivity contribution in [2.45, 2.75) is 25.0 Å². The van der Waals surface area contributed by atoms with Gasteiger partial charge in [0.1, 0.15) is 11.6 Å². The number of thioether (sulfide) groups is 1. The number of nitrogens with zero attached hydrogens (tertiary/aromatic N) is 3. The van der Waals surface area contributed by atoms with Gasteiger partial charge in [-0.05, 0) is 18.1 Å². The third-order valence-corrected chi connectivity index (χ3v) is 3.88. The van der Waals surface area contributed by atoms with Gasteiger partial charge in [-0.1, -0.05) is 25.6 Å². The summed E-state index contributed by atoms with van der Waals surface area (Å²) in [7, 11) is 0. The summed E-state index contributed by atoms with van der Waals surface area (Å²) in [6.45, 7) is 3.74. The monoisotopic (exact) mass is 308 g/mol. The maximum Gasteiger partial charge on any atom is 0.313 e. The zero-order valence-electron chi connectivity index (χ0n) is 11.7. The molecular weight excluding hydrogens is 292 g/mol. The van der Waals surface area contributed by atoms with Crippen LogP contribution in [-0.2, 0) is 9.59 Å². The first-order valence-corrected chi connectivity index (χ1v) is 7.37. The van der Waals surface area contributed by atoms with Crippen LogP contribution >= 0.6 is 11.8 Å². The number of carbonyl (C=O) groups is 2. The summed E-state index contributed by atoms with van der Waals surface area (Å²) in [5.74, 6) is -1.66. The van der Waals surface area contributed by atoms with Crippen LogP contribution < -0.4 is 5.73 Å². The number of fused-ring (bicyclic) bond motifs is 1. The van der Waals surface area contributed by atoms with Gasteiger partial charge < -0.3 is 10.8 Å². The van der Waals surface area contributed by atoms with Crippen LogP contribution in [0.3, 0.4) is 0 Å². The number of aromatic nitrogens is 3. The van der Waals surface area contributed by atoms with E-state index < -0.39 is 17.9 Å². The van der Waals surface area contributed by atoms with E-state index in [2.05, 4.69) is 9.97 Å². The van der Waals surface area contributed by atoms with E-state index in [0.717, 1.165) is 11.8 Å². The molecule has 1 unspecified atom stereocenters. The summed E-state index contributed by atoms with van der Waals surface area (Å²) in [6, 6.07) is 2.88. The topological polar surface area (TPSA) is 111 Å². The fourth-order valence-corrected chi connectivity index (χ4v) is 2.90. The Balaban J connectivity index is 2.58. The largest absolute Gasteiger partial charge is 0.481 e. The van der Waals surface area contributed by atoms with Crippen molar-refractivity contribution in [2.24, 2.45) is 11.7 Å². The van der Waals surface area contributed by atoms with Gasteiger partial charge in [-0.25, -0.2) is 9.97 Å². The Morgan fingerprint density at radius 1 is 1.48 bits per heavy atom. The van der Waals surface area contributed by atoms with Crippen molar-refractivity contribution in [1.82, 2.24) is 14.5 Å². The summed E-state index contributed by atoms with van der Waals surface area (Å²) >= 11 is 1.05. The molecule has 112 valence electrons. The van der Waals surface area contributed by atoms with Crippen LogP contribution in [0, 0.1) is 5.92 Å². The number of aliphatic carboxylic acids is 1. The van der Waals surface area contributed by atoms with Gasteiger partial charge in [0.2, 0.25) is 5.91 Å². The zero-order chi connectivity index (χ0) is 15.6. The van der Waals surface area contributed by atoms with E-state index in [1.165, 1.54) is 0 Å². The number of hydrogen-bond acceptors (Lipinski definition) is 5. The molecule has 3 N–H and O–H groups in total. The summed E-state index contributed by atoms with van der Waals surface area (Å²) in [4.78, 5) is 31.2. The first kappa shape index (κ1) is 15.3. The lowest BCUT2D eigenvalue weighted by atomic mass is 10.0. The number of pyridine rings is 1. The van der Waals surface area contributed by atoms with Crippen LogP contribution in [0.5, 0.6) is 0 Å². The van der Waals surface area contributed by atoms with Crippen LogP contribution in [0.15, 0.2) is 23.5 Å². The molecule has 0 bridgehead atoms. The van der Waals surface area contributed by atoms with E-state index in [1.807, 2.05) is 13.8 Å². The molecule has 0 aliphatic rings. The number of carboxylic acids is 1. The van der Waals surface area contributed by atoms with Crippen LogP contribution in [0.1, 0.15) is 19.9 Å². The maximum absolute atomic E-state index is 11.8. The van der Waals surface area contributed by atoms with E-state index in [1.54, 1.807) is 22.9 Å². The van der Waals surface area contributed by atoms with Crippen LogP contribution in [0.25, 0.3) is 11.2 Å². The van der Waals surface area contributed by atoms with Gasteiger partial charge in [0.25, 0.3) is 0 Å². The highest BCUT2D eigenvalue weighted by molar-refractivity contribution is 7.99. The number of imidazole rings is 1. The van der Waals surface area contributed by atoms with Crippen molar-refractivity contribution in [3.05, 3.63) is 18.3 Å². The van der Waals surface area contributed by atoms with E-state index >= 15 is 0 Å². The molecule has 0 saturated heterocycles. The number of primary amides is 1. The molecule has 2 rings (SSSR count). The summed E-state index contributed by atoms with van der Waals surface area (Å²) in [6.07, 6.45) is 1.60. The molecule has 2 aromatic rings. The molecule has 0 aliphatic heterocycles. The number of nitrogens with two attached hydrogens (primary N) is 1. The molecule has 0 aromatic carbocycles. The van der Waals surface area contributed by atoms with E-state index in [4.69, 9.17) is 10.8 Å². The Hall–Kier alpha value is -2.09. The number of carbonyl (C=O) groups excluding carboxylic acids is 1. The average molecular weight is 308 g/mol. The number of carboxylic acid groups (broad SMARTS) is 1. The average Bonchev–Trinajstić information content (AvgIpc) is 2.75. The van der Waals surface area contributed by atoms with Crippen molar-refractivity contribution >= 4 is 34.8 Å². The molecule has 8 heteroatoms. The molecule has 1 atom stereocenters. The second-order valence-electron chi connectivity index (χ2n) is 4.88. The van der Waals surface area contributed by atoms with Crippen molar-refractivity contribution in [2.75, 3.05) is 5.75 Å². The summed E-state index contributed by atoms with van der Waals surface area (Å²) < 4.78 is 1.63. The molecule has 0 radical (unpaired) electrons. The molecule has 0 saturated carbocycles. The molecule has 0 spiro atoms. The fourth-order valence-electron chi connectivity index (χ4n) is 2.14. The number of amides is 1. The normalized spacial score (nSPS) is 12.7. The molecule has 2 aromatic heterocycles. The second kappa shape index (κ2) is 6.13. The third kappa shape index (κ3) is 3.15. The van der Waals surface area contributed by atoms with Gasteiger partial charge in [-0.3, -0.25) is 14.2 Å². The first-order chi connectivity index (χ1) is 9.91. The lowest BCUT2D eigenvalue weighted by Gasteiger charge is -2.21. The highest BCUT2D eigenvalue weighted by atomic mass is 32.2. The SMILES string of the molecule is CC(C)C(C(N)=O)n1c(SCC(=O)O)nc2cccnc21. The second-order valence-corrected chi connectivity index (χ2v) is 5.83. The fraction of sp³-hybridized carbons (Fsp3) is 0.385. The van der Waals surface area contributed by atoms with Gasteiger partial charge in [0.15, 0.2) is 10.8 Å². The quantitative estimate of drug-likeness (QED) is 0.778. The Kier molecular flexibility index (Phi) is 4.46. The van der Waals surface area contributed by atoms with Gasteiger partial charge in [-0.15, -0.1) is 0 Å². The van der Waals surface area contributed by atoms with Crippen molar-refractivity contribution in [3.8, 4) is 0 Å². The molecule has 21 heavy (non-hydrogen) atoms. The predicted molar refractivity (Wildman–Crippen MR) is 79.0 cm³/mol. The third-order valence-electron chi connectivity index (χ3n) is 2.94. The number of rotatable bonds is 6. The minimum absolute atomic E-state index is 0.0638. The summed E-state index contributed by atoms with van der Waals surface area (Å²) in [5, 5.41) is 9.27. The van der Waals surface area contributed by atoms with Gasteiger partial charge >= 0.3 is 5.97 Å². The highest BCUT2D eigenvalue weighted by Gasteiger charge is 2.27. The molecule has 0 fully saturated rings. The lowest BCUT2D eigenvalue weighted by molar-refractivity contribution is -0.133. The highest BCUT2D eigenvalue weighted by Crippen LogP contribution is 2.30. The minimum Gasteiger partial charge on any atom is -0.481 e. The smallest absolute Gasteiger partial charge is 0.313 e. The summed E-state index contributed by atoms with van der Waals surface area (Å²) in [5.41, 5.74) is 6.64. The van der Waals surface area contributed by atoms with Gasteiger partial charge in [-0.2, -0.15) is 0 Å². The van der Waals surface area contributed by atoms with Crippen molar-refractivity contribution in [1.29, 1.82) is 0 Å². The molecule has 0 aliphatic carbocycles. The van der Waals surface area contributed by atoms with E-state index in [-0.39, 0.29) is 11.7 Å². The molecular formula is C13H16N4O3S. The van der Waals surface area contributed by atoms with E-state index in [9.17, 15) is 9.59 Å². The maximum atomic E-state index is 11.8. The van der Waals surface area contributed by atoms with Crippen LogP contribution in [-0.4, -0.2) is 37.3 Å². The predicted octanol–water partition coefficient (Wildman–Crippen LogP) is 1.29. The van der Waals surface area contributed by atoms with Gasteiger partial charge in [0, 0.05) is 6.20 Å². The van der Waals surface area contributed by atoms with E-state index in [0.29, 0.717) is 16.3 Å². The van der Waals surface area contributed by atoms with Crippen LogP contribution in [0.2, 0.25) is 0 Å². The van der Waals surface area contributed by atoms with Crippen molar-refractivity contribution in [3.63, 3.8) is 0 Å². The Morgan fingerprint density at radius 3 is 2.76 bits per heavy atom. The minimum atomic E-state index is -0.952. The van der Waals surface area contributed by atoms with Gasteiger partial charge in [0.05, 0.1) is 5.75 Å². The Bertz CT molecular complexity index is 683. The molecule has 1 amide bonds. The molecule has 7 nitrogen and oxygen atoms in total.